The van der Waals surface area contributed by atoms with E-state index in [9.17, 15) is 9.90 Å². The van der Waals surface area contributed by atoms with E-state index in [4.69, 9.17) is 0 Å². The molecular weight excluding hydrogens is 266 g/mol. The summed E-state index contributed by atoms with van der Waals surface area (Å²) in [5.74, 6) is 0.000234. The molecule has 1 atom stereocenters. The molecule has 1 unspecified atom stereocenters. The van der Waals surface area contributed by atoms with Crippen molar-refractivity contribution in [1.29, 1.82) is 0 Å². The maximum Gasteiger partial charge on any atom is 0.253 e. The van der Waals surface area contributed by atoms with Crippen LogP contribution < -0.4 is 0 Å². The van der Waals surface area contributed by atoms with Gasteiger partial charge in [0, 0.05) is 31.0 Å². The molecule has 21 heavy (non-hydrogen) atoms. The van der Waals surface area contributed by atoms with Crippen molar-refractivity contribution in [3.63, 3.8) is 0 Å². The van der Waals surface area contributed by atoms with Crippen molar-refractivity contribution in [2.75, 3.05) is 13.1 Å². The van der Waals surface area contributed by atoms with Crippen molar-refractivity contribution < 1.29 is 9.90 Å². The zero-order chi connectivity index (χ0) is 14.9. The molecule has 1 aliphatic heterocycles. The largest absolute Gasteiger partial charge is 0.390 e. The van der Waals surface area contributed by atoms with Crippen molar-refractivity contribution in [1.82, 2.24) is 14.9 Å². The lowest BCUT2D eigenvalue weighted by atomic mass is 9.98. The number of benzene rings is 1. The van der Waals surface area contributed by atoms with Crippen LogP contribution in [0.2, 0.25) is 0 Å². The summed E-state index contributed by atoms with van der Waals surface area (Å²) in [5, 5.41) is 10.1. The number of hydrogen-bond acceptors (Lipinski definition) is 4. The molecule has 110 valence electrons. The van der Waals surface area contributed by atoms with E-state index < -0.39 is 5.60 Å². The van der Waals surface area contributed by atoms with Gasteiger partial charge in [0.1, 0.15) is 0 Å². The van der Waals surface area contributed by atoms with Crippen LogP contribution in [0, 0.1) is 0 Å². The van der Waals surface area contributed by atoms with Gasteiger partial charge in [-0.2, -0.15) is 0 Å². The Kier molecular flexibility index (Phi) is 3.59. The number of hydrogen-bond donors (Lipinski definition) is 1. The van der Waals surface area contributed by atoms with Crippen molar-refractivity contribution in [2.45, 2.75) is 31.8 Å². The van der Waals surface area contributed by atoms with Gasteiger partial charge >= 0.3 is 0 Å². The predicted molar refractivity (Wildman–Crippen MR) is 79.9 cm³/mol. The number of carbonyl (C=O) groups excluding carboxylic acids is 1. The summed E-state index contributed by atoms with van der Waals surface area (Å²) < 4.78 is 0. The van der Waals surface area contributed by atoms with Gasteiger partial charge in [0.05, 0.1) is 16.6 Å². The van der Waals surface area contributed by atoms with Crippen LogP contribution in [0.3, 0.4) is 0 Å². The minimum absolute atomic E-state index is 0.000234. The number of likely N-dealkylation sites (tertiary alicyclic amines) is 1. The van der Waals surface area contributed by atoms with Crippen LogP contribution in [0.15, 0.2) is 30.6 Å². The second kappa shape index (κ2) is 5.41. The maximum atomic E-state index is 12.6. The van der Waals surface area contributed by atoms with E-state index in [0.29, 0.717) is 25.1 Å². The van der Waals surface area contributed by atoms with Crippen LogP contribution in [0.1, 0.15) is 36.5 Å². The van der Waals surface area contributed by atoms with Gasteiger partial charge in [-0.3, -0.25) is 14.8 Å². The predicted octanol–water partition coefficient (Wildman–Crippen LogP) is 2.01. The van der Waals surface area contributed by atoms with E-state index in [1.165, 1.54) is 0 Å². The first-order chi connectivity index (χ1) is 10.1. The van der Waals surface area contributed by atoms with Crippen molar-refractivity contribution in [3.05, 3.63) is 36.2 Å². The first-order valence-electron chi connectivity index (χ1n) is 7.28. The van der Waals surface area contributed by atoms with Crippen molar-refractivity contribution >= 4 is 16.9 Å². The van der Waals surface area contributed by atoms with Crippen LogP contribution in [0.4, 0.5) is 0 Å². The third-order valence-corrected chi connectivity index (χ3v) is 4.07. The molecule has 0 bridgehead atoms. The molecule has 2 heterocycles. The zero-order valence-corrected chi connectivity index (χ0v) is 12.1. The third-order valence-electron chi connectivity index (χ3n) is 4.07. The Morgan fingerprint density at radius 1 is 1.19 bits per heavy atom. The molecule has 1 saturated heterocycles. The summed E-state index contributed by atoms with van der Waals surface area (Å²) in [7, 11) is 0. The van der Waals surface area contributed by atoms with Crippen LogP contribution in [0.25, 0.3) is 11.0 Å². The van der Waals surface area contributed by atoms with Gasteiger partial charge in [-0.25, -0.2) is 0 Å². The number of rotatable bonds is 1. The number of aliphatic hydroxyl groups is 1. The van der Waals surface area contributed by atoms with Gasteiger partial charge in [0.15, 0.2) is 0 Å². The Morgan fingerprint density at radius 2 is 1.95 bits per heavy atom. The smallest absolute Gasteiger partial charge is 0.253 e. The fraction of sp³-hybridized carbons (Fsp3) is 0.438. The van der Waals surface area contributed by atoms with Gasteiger partial charge < -0.3 is 10.0 Å². The average Bonchev–Trinajstić information content (AvgIpc) is 2.67. The highest BCUT2D eigenvalue weighted by Gasteiger charge is 2.27. The minimum Gasteiger partial charge on any atom is -0.390 e. The van der Waals surface area contributed by atoms with E-state index in [1.54, 1.807) is 24.5 Å². The van der Waals surface area contributed by atoms with Gasteiger partial charge in [-0.15, -0.1) is 0 Å². The summed E-state index contributed by atoms with van der Waals surface area (Å²) in [5.41, 5.74) is 1.48. The Morgan fingerprint density at radius 3 is 2.76 bits per heavy atom. The van der Waals surface area contributed by atoms with Crippen molar-refractivity contribution in [2.24, 2.45) is 0 Å². The molecule has 0 radical (unpaired) electrons. The first kappa shape index (κ1) is 13.9. The lowest BCUT2D eigenvalue weighted by Gasteiger charge is -2.22. The molecule has 3 rings (SSSR count). The fourth-order valence-electron chi connectivity index (χ4n) is 2.75. The molecule has 5 nitrogen and oxygen atoms in total. The molecule has 1 fully saturated rings. The molecule has 1 aliphatic rings. The number of fused-ring (bicyclic) bond motifs is 1. The molecule has 0 spiro atoms. The molecule has 5 heteroatoms. The van der Waals surface area contributed by atoms with E-state index in [1.807, 2.05) is 17.9 Å². The van der Waals surface area contributed by atoms with Gasteiger partial charge in [0.2, 0.25) is 0 Å². The number of amides is 1. The Bertz CT molecular complexity index is 669. The highest BCUT2D eigenvalue weighted by molar-refractivity contribution is 5.97. The standard InChI is InChI=1S/C16H19N3O2/c1-16(21)5-2-9-19(10-6-16)15(20)12-3-4-13-14(11-12)18-8-7-17-13/h3-4,7-8,11,21H,2,5-6,9-10H2,1H3. The average molecular weight is 285 g/mol. The van der Waals surface area contributed by atoms with E-state index in [2.05, 4.69) is 9.97 Å². The molecule has 1 aromatic carbocycles. The van der Waals surface area contributed by atoms with Crippen LogP contribution in [-0.4, -0.2) is 44.6 Å². The zero-order valence-electron chi connectivity index (χ0n) is 12.1. The summed E-state index contributed by atoms with van der Waals surface area (Å²) in [6.07, 6.45) is 5.44. The molecule has 2 aromatic rings. The van der Waals surface area contributed by atoms with E-state index in [-0.39, 0.29) is 5.91 Å². The maximum absolute atomic E-state index is 12.6. The SMILES string of the molecule is CC1(O)CCCN(C(=O)c2ccc3nccnc3c2)CC1. The molecule has 1 N–H and O–H groups in total. The molecule has 0 saturated carbocycles. The van der Waals surface area contributed by atoms with Crippen LogP contribution in [0.5, 0.6) is 0 Å². The lowest BCUT2D eigenvalue weighted by Crippen LogP contribution is -2.33. The van der Waals surface area contributed by atoms with Crippen molar-refractivity contribution in [3.8, 4) is 0 Å². The molecular formula is C16H19N3O2. The van der Waals surface area contributed by atoms with Crippen LogP contribution in [-0.2, 0) is 0 Å². The molecule has 0 aliphatic carbocycles. The van der Waals surface area contributed by atoms with Crippen LogP contribution >= 0.6 is 0 Å². The number of aromatic nitrogens is 2. The van der Waals surface area contributed by atoms with Gasteiger partial charge in [-0.1, -0.05) is 0 Å². The van der Waals surface area contributed by atoms with E-state index in [0.717, 1.165) is 23.9 Å². The van der Waals surface area contributed by atoms with Gasteiger partial charge in [0.25, 0.3) is 5.91 Å². The molecule has 1 amide bonds. The minimum atomic E-state index is -0.663. The Hall–Kier alpha value is -2.01. The first-order valence-corrected chi connectivity index (χ1v) is 7.28. The Labute approximate surface area is 123 Å². The highest BCUT2D eigenvalue weighted by atomic mass is 16.3. The topological polar surface area (TPSA) is 66.3 Å². The quantitative estimate of drug-likeness (QED) is 0.870. The normalized spacial score (nSPS) is 23.0. The second-order valence-electron chi connectivity index (χ2n) is 5.90. The summed E-state index contributed by atoms with van der Waals surface area (Å²) in [6, 6.07) is 5.40. The fourth-order valence-corrected chi connectivity index (χ4v) is 2.75. The highest BCUT2D eigenvalue weighted by Crippen LogP contribution is 2.23. The number of nitrogens with zero attached hydrogens (tertiary/aromatic N) is 3. The summed E-state index contributed by atoms with van der Waals surface area (Å²) in [6.45, 7) is 3.12. The second-order valence-corrected chi connectivity index (χ2v) is 5.90. The third kappa shape index (κ3) is 3.03. The number of carbonyl (C=O) groups is 1. The Balaban J connectivity index is 1.83. The van der Waals surface area contributed by atoms with Gasteiger partial charge in [-0.05, 0) is 44.4 Å². The monoisotopic (exact) mass is 285 g/mol. The van der Waals surface area contributed by atoms with E-state index >= 15 is 0 Å². The summed E-state index contributed by atoms with van der Waals surface area (Å²) in [4.78, 5) is 22.9. The molecule has 1 aromatic heterocycles. The lowest BCUT2D eigenvalue weighted by molar-refractivity contribution is 0.0438. The summed E-state index contributed by atoms with van der Waals surface area (Å²) >= 11 is 0.